The van der Waals surface area contributed by atoms with Crippen LogP contribution in [0.15, 0.2) is 18.2 Å². The standard InChI is InChI=1S/C14H19NO3/c1-4-9(2)7-13(16)15-12-6-5-11(14(17)18)8-10(12)3/h5-6,8-9H,4,7H2,1-3H3,(H,15,16)(H,17,18). The number of rotatable bonds is 5. The van der Waals surface area contributed by atoms with Gasteiger partial charge in [-0.3, -0.25) is 4.79 Å². The van der Waals surface area contributed by atoms with Crippen LogP contribution < -0.4 is 5.32 Å². The molecule has 0 bridgehead atoms. The Morgan fingerprint density at radius 3 is 2.56 bits per heavy atom. The van der Waals surface area contributed by atoms with E-state index < -0.39 is 5.97 Å². The van der Waals surface area contributed by atoms with Crippen molar-refractivity contribution in [1.82, 2.24) is 0 Å². The number of hydrogen-bond acceptors (Lipinski definition) is 2. The molecule has 0 saturated carbocycles. The Kier molecular flexibility index (Phi) is 4.89. The average molecular weight is 249 g/mol. The second-order valence-electron chi connectivity index (χ2n) is 4.60. The SMILES string of the molecule is CCC(C)CC(=O)Nc1ccc(C(=O)O)cc1C. The number of nitrogens with one attached hydrogen (secondary N) is 1. The molecule has 0 aromatic heterocycles. The van der Waals surface area contributed by atoms with Gasteiger partial charge in [0.1, 0.15) is 0 Å². The van der Waals surface area contributed by atoms with Crippen LogP contribution in [0.25, 0.3) is 0 Å². The second kappa shape index (κ2) is 6.19. The molecule has 1 amide bonds. The van der Waals surface area contributed by atoms with Crippen LogP contribution >= 0.6 is 0 Å². The van der Waals surface area contributed by atoms with Crippen molar-refractivity contribution in [1.29, 1.82) is 0 Å². The minimum Gasteiger partial charge on any atom is -0.478 e. The van der Waals surface area contributed by atoms with Gasteiger partial charge in [0.15, 0.2) is 0 Å². The molecule has 1 unspecified atom stereocenters. The number of carboxylic acid groups (broad SMARTS) is 1. The quantitative estimate of drug-likeness (QED) is 0.842. The van der Waals surface area contributed by atoms with E-state index in [1.807, 2.05) is 13.8 Å². The van der Waals surface area contributed by atoms with Gasteiger partial charge >= 0.3 is 5.97 Å². The number of anilines is 1. The van der Waals surface area contributed by atoms with Gasteiger partial charge in [0.25, 0.3) is 0 Å². The van der Waals surface area contributed by atoms with Gasteiger partial charge in [-0.1, -0.05) is 20.3 Å². The zero-order valence-corrected chi connectivity index (χ0v) is 11.0. The topological polar surface area (TPSA) is 66.4 Å². The Balaban J connectivity index is 2.74. The summed E-state index contributed by atoms with van der Waals surface area (Å²) in [6.07, 6.45) is 1.45. The molecule has 2 N–H and O–H groups in total. The minimum absolute atomic E-state index is 0.0319. The molecule has 0 radical (unpaired) electrons. The molecule has 4 heteroatoms. The van der Waals surface area contributed by atoms with Crippen molar-refractivity contribution in [2.24, 2.45) is 5.92 Å². The minimum atomic E-state index is -0.962. The van der Waals surface area contributed by atoms with E-state index in [1.165, 1.54) is 6.07 Å². The summed E-state index contributed by atoms with van der Waals surface area (Å²) in [7, 11) is 0. The molecule has 0 heterocycles. The summed E-state index contributed by atoms with van der Waals surface area (Å²) in [4.78, 5) is 22.5. The van der Waals surface area contributed by atoms with Crippen molar-refractivity contribution >= 4 is 17.6 Å². The lowest BCUT2D eigenvalue weighted by atomic mass is 10.0. The van der Waals surface area contributed by atoms with Gasteiger partial charge in [-0.05, 0) is 36.6 Å². The number of carbonyl (C=O) groups excluding carboxylic acids is 1. The zero-order chi connectivity index (χ0) is 13.7. The van der Waals surface area contributed by atoms with Crippen molar-refractivity contribution in [3.05, 3.63) is 29.3 Å². The highest BCUT2D eigenvalue weighted by atomic mass is 16.4. The van der Waals surface area contributed by atoms with E-state index in [0.717, 1.165) is 12.0 Å². The average Bonchev–Trinajstić information content (AvgIpc) is 2.31. The van der Waals surface area contributed by atoms with Crippen molar-refractivity contribution in [3.63, 3.8) is 0 Å². The molecule has 0 fully saturated rings. The molecule has 98 valence electrons. The van der Waals surface area contributed by atoms with Crippen LogP contribution in [0.2, 0.25) is 0 Å². The van der Waals surface area contributed by atoms with E-state index in [-0.39, 0.29) is 11.5 Å². The number of hydrogen-bond donors (Lipinski definition) is 2. The molecule has 1 rings (SSSR count). The van der Waals surface area contributed by atoms with E-state index in [2.05, 4.69) is 5.32 Å². The van der Waals surface area contributed by atoms with Gasteiger partial charge in [-0.15, -0.1) is 0 Å². The van der Waals surface area contributed by atoms with Crippen LogP contribution in [0, 0.1) is 12.8 Å². The predicted molar refractivity (Wildman–Crippen MR) is 70.8 cm³/mol. The van der Waals surface area contributed by atoms with Gasteiger partial charge < -0.3 is 10.4 Å². The van der Waals surface area contributed by atoms with Crippen LogP contribution in [0.4, 0.5) is 5.69 Å². The molecule has 0 aliphatic rings. The highest BCUT2D eigenvalue weighted by Gasteiger charge is 2.10. The molecule has 0 saturated heterocycles. The lowest BCUT2D eigenvalue weighted by Crippen LogP contribution is -2.15. The zero-order valence-electron chi connectivity index (χ0n) is 11.0. The van der Waals surface area contributed by atoms with E-state index in [1.54, 1.807) is 19.1 Å². The first kappa shape index (κ1) is 14.2. The lowest BCUT2D eigenvalue weighted by Gasteiger charge is -2.11. The summed E-state index contributed by atoms with van der Waals surface area (Å²) < 4.78 is 0. The third kappa shape index (κ3) is 3.87. The fourth-order valence-corrected chi connectivity index (χ4v) is 1.60. The molecule has 0 aliphatic heterocycles. The molecule has 1 aromatic carbocycles. The Morgan fingerprint density at radius 2 is 2.06 bits per heavy atom. The van der Waals surface area contributed by atoms with Crippen molar-refractivity contribution in [2.75, 3.05) is 5.32 Å². The molecular formula is C14H19NO3. The van der Waals surface area contributed by atoms with Crippen LogP contribution in [0.1, 0.15) is 42.6 Å². The molecular weight excluding hydrogens is 230 g/mol. The second-order valence-corrected chi connectivity index (χ2v) is 4.60. The van der Waals surface area contributed by atoms with Crippen LogP contribution in [-0.4, -0.2) is 17.0 Å². The smallest absolute Gasteiger partial charge is 0.335 e. The van der Waals surface area contributed by atoms with Gasteiger partial charge in [-0.2, -0.15) is 0 Å². The molecule has 1 atom stereocenters. The van der Waals surface area contributed by atoms with Crippen LogP contribution in [0.3, 0.4) is 0 Å². The summed E-state index contributed by atoms with van der Waals surface area (Å²) in [5.74, 6) is -0.644. The van der Waals surface area contributed by atoms with Crippen LogP contribution in [-0.2, 0) is 4.79 Å². The summed E-state index contributed by atoms with van der Waals surface area (Å²) in [5.41, 5.74) is 1.66. The molecule has 0 spiro atoms. The normalized spacial score (nSPS) is 11.9. The first-order valence-corrected chi connectivity index (χ1v) is 6.07. The summed E-state index contributed by atoms with van der Waals surface area (Å²) in [6.45, 7) is 5.86. The molecule has 4 nitrogen and oxygen atoms in total. The third-order valence-electron chi connectivity index (χ3n) is 2.98. The van der Waals surface area contributed by atoms with E-state index in [4.69, 9.17) is 5.11 Å². The van der Waals surface area contributed by atoms with Crippen molar-refractivity contribution < 1.29 is 14.7 Å². The summed E-state index contributed by atoms with van der Waals surface area (Å²) >= 11 is 0. The van der Waals surface area contributed by atoms with Crippen molar-refractivity contribution in [2.45, 2.75) is 33.6 Å². The monoisotopic (exact) mass is 249 g/mol. The van der Waals surface area contributed by atoms with E-state index >= 15 is 0 Å². The number of carboxylic acids is 1. The van der Waals surface area contributed by atoms with E-state index in [0.29, 0.717) is 18.0 Å². The number of benzene rings is 1. The molecule has 0 aliphatic carbocycles. The fourth-order valence-electron chi connectivity index (χ4n) is 1.60. The van der Waals surface area contributed by atoms with E-state index in [9.17, 15) is 9.59 Å². The number of aromatic carboxylic acids is 1. The Morgan fingerprint density at radius 1 is 1.39 bits per heavy atom. The Labute approximate surface area is 107 Å². The van der Waals surface area contributed by atoms with Gasteiger partial charge in [0, 0.05) is 12.1 Å². The number of aryl methyl sites for hydroxylation is 1. The maximum absolute atomic E-state index is 11.7. The highest BCUT2D eigenvalue weighted by molar-refractivity contribution is 5.93. The van der Waals surface area contributed by atoms with Gasteiger partial charge in [-0.25, -0.2) is 4.79 Å². The van der Waals surface area contributed by atoms with Gasteiger partial charge in [0.05, 0.1) is 5.56 Å². The first-order chi connectivity index (χ1) is 8.43. The number of carbonyl (C=O) groups is 2. The summed E-state index contributed by atoms with van der Waals surface area (Å²) in [6, 6.07) is 4.68. The van der Waals surface area contributed by atoms with Crippen LogP contribution in [0.5, 0.6) is 0 Å². The fraction of sp³-hybridized carbons (Fsp3) is 0.429. The largest absolute Gasteiger partial charge is 0.478 e. The lowest BCUT2D eigenvalue weighted by molar-refractivity contribution is -0.117. The molecule has 1 aromatic rings. The number of amides is 1. The Bertz CT molecular complexity index is 454. The maximum atomic E-state index is 11.7. The van der Waals surface area contributed by atoms with Crippen molar-refractivity contribution in [3.8, 4) is 0 Å². The summed E-state index contributed by atoms with van der Waals surface area (Å²) in [5, 5.41) is 11.7. The highest BCUT2D eigenvalue weighted by Crippen LogP contribution is 2.18. The third-order valence-corrected chi connectivity index (χ3v) is 2.98. The first-order valence-electron chi connectivity index (χ1n) is 6.07. The Hall–Kier alpha value is -1.84. The van der Waals surface area contributed by atoms with Gasteiger partial charge in [0.2, 0.25) is 5.91 Å². The maximum Gasteiger partial charge on any atom is 0.335 e. The molecule has 18 heavy (non-hydrogen) atoms. The predicted octanol–water partition coefficient (Wildman–Crippen LogP) is 3.07.